The van der Waals surface area contributed by atoms with Gasteiger partial charge in [0.1, 0.15) is 5.75 Å². The highest BCUT2D eigenvalue weighted by atomic mass is 16.5. The monoisotopic (exact) mass is 479 g/mol. The van der Waals surface area contributed by atoms with Crippen LogP contribution in [0.15, 0.2) is 77.3 Å². The van der Waals surface area contributed by atoms with E-state index < -0.39 is 0 Å². The molecule has 1 saturated heterocycles. The Morgan fingerprint density at radius 3 is 2.47 bits per heavy atom. The Hall–Kier alpha value is -4.59. The van der Waals surface area contributed by atoms with Gasteiger partial charge in [-0.3, -0.25) is 4.79 Å². The van der Waals surface area contributed by atoms with Crippen LogP contribution < -0.4 is 4.90 Å². The topological polar surface area (TPSA) is 98.5 Å². The number of carbonyl (C=O) groups excluding carboxylic acids is 1. The molecule has 180 valence electrons. The zero-order chi connectivity index (χ0) is 24.6. The number of hydrogen-bond acceptors (Lipinski definition) is 6. The number of fused-ring (bicyclic) bond motifs is 1. The Morgan fingerprint density at radius 1 is 0.944 bits per heavy atom. The van der Waals surface area contributed by atoms with E-state index in [2.05, 4.69) is 20.0 Å². The molecular weight excluding hydrogens is 454 g/mol. The third-order valence-electron chi connectivity index (χ3n) is 6.67. The number of nitrogens with zero attached hydrogens (tertiary/aromatic N) is 4. The molecule has 0 spiro atoms. The molecule has 0 bridgehead atoms. The number of aromatic hydroxyl groups is 1. The van der Waals surface area contributed by atoms with E-state index in [0.29, 0.717) is 37.6 Å². The van der Waals surface area contributed by atoms with Crippen molar-refractivity contribution >= 4 is 22.9 Å². The molecule has 5 aromatic rings. The molecule has 0 radical (unpaired) electrons. The largest absolute Gasteiger partial charge is 0.508 e. The molecule has 1 fully saturated rings. The molecule has 2 aromatic heterocycles. The SMILES string of the molecule is Cc1ccc(O)cc1-c1ccc(-c2cc(C(=O)N3CCN(c4nc5ccccc5[nH]4)CC3)no2)cc1. The van der Waals surface area contributed by atoms with Gasteiger partial charge < -0.3 is 24.4 Å². The number of nitrogens with one attached hydrogen (secondary N) is 1. The van der Waals surface area contributed by atoms with Crippen LogP contribution in [0.5, 0.6) is 5.75 Å². The molecule has 8 nitrogen and oxygen atoms in total. The van der Waals surface area contributed by atoms with Gasteiger partial charge >= 0.3 is 0 Å². The lowest BCUT2D eigenvalue weighted by Gasteiger charge is -2.34. The van der Waals surface area contributed by atoms with Crippen molar-refractivity contribution in [2.24, 2.45) is 0 Å². The van der Waals surface area contributed by atoms with Crippen molar-refractivity contribution in [1.29, 1.82) is 0 Å². The first-order chi connectivity index (χ1) is 17.5. The first-order valence-electron chi connectivity index (χ1n) is 11.9. The van der Waals surface area contributed by atoms with Crippen LogP contribution in [-0.2, 0) is 0 Å². The number of aromatic nitrogens is 3. The van der Waals surface area contributed by atoms with Crippen molar-refractivity contribution in [3.8, 4) is 28.2 Å². The molecule has 1 aliphatic heterocycles. The fourth-order valence-corrected chi connectivity index (χ4v) is 4.62. The number of phenols is 1. The Bertz CT molecular complexity index is 1510. The summed E-state index contributed by atoms with van der Waals surface area (Å²) in [5.41, 5.74) is 6.11. The van der Waals surface area contributed by atoms with Crippen LogP contribution in [0.25, 0.3) is 33.5 Å². The molecule has 0 unspecified atom stereocenters. The van der Waals surface area contributed by atoms with Crippen LogP contribution in [0.4, 0.5) is 5.95 Å². The van der Waals surface area contributed by atoms with Gasteiger partial charge in [-0.2, -0.15) is 0 Å². The second kappa shape index (κ2) is 8.88. The molecule has 36 heavy (non-hydrogen) atoms. The van der Waals surface area contributed by atoms with E-state index in [-0.39, 0.29) is 11.7 Å². The van der Waals surface area contributed by atoms with Gasteiger partial charge in [-0.25, -0.2) is 4.98 Å². The van der Waals surface area contributed by atoms with Crippen molar-refractivity contribution in [3.05, 3.63) is 84.1 Å². The van der Waals surface area contributed by atoms with Crippen molar-refractivity contribution in [2.45, 2.75) is 6.92 Å². The lowest BCUT2D eigenvalue weighted by Crippen LogP contribution is -2.49. The van der Waals surface area contributed by atoms with Gasteiger partial charge in [0.25, 0.3) is 5.91 Å². The highest BCUT2D eigenvalue weighted by molar-refractivity contribution is 5.93. The summed E-state index contributed by atoms with van der Waals surface area (Å²) >= 11 is 0. The summed E-state index contributed by atoms with van der Waals surface area (Å²) in [7, 11) is 0. The van der Waals surface area contributed by atoms with E-state index in [1.165, 1.54) is 0 Å². The zero-order valence-electron chi connectivity index (χ0n) is 19.8. The van der Waals surface area contributed by atoms with Gasteiger partial charge in [0.05, 0.1) is 11.0 Å². The number of hydrogen-bond donors (Lipinski definition) is 2. The van der Waals surface area contributed by atoms with Crippen molar-refractivity contribution in [2.75, 3.05) is 31.1 Å². The third-order valence-corrected chi connectivity index (χ3v) is 6.67. The maximum Gasteiger partial charge on any atom is 0.276 e. The smallest absolute Gasteiger partial charge is 0.276 e. The summed E-state index contributed by atoms with van der Waals surface area (Å²) < 4.78 is 5.51. The van der Waals surface area contributed by atoms with Gasteiger partial charge in [-0.15, -0.1) is 0 Å². The van der Waals surface area contributed by atoms with E-state index in [9.17, 15) is 9.90 Å². The molecule has 1 amide bonds. The number of piperazine rings is 1. The number of amides is 1. The molecule has 2 N–H and O–H groups in total. The first-order valence-corrected chi connectivity index (χ1v) is 11.9. The van der Waals surface area contributed by atoms with Crippen LogP contribution in [0.1, 0.15) is 16.1 Å². The summed E-state index contributed by atoms with van der Waals surface area (Å²) in [5.74, 6) is 1.47. The maximum absolute atomic E-state index is 13.1. The van der Waals surface area contributed by atoms with E-state index in [0.717, 1.165) is 39.2 Å². The molecule has 0 aliphatic carbocycles. The van der Waals surface area contributed by atoms with Crippen molar-refractivity contribution in [3.63, 3.8) is 0 Å². The van der Waals surface area contributed by atoms with Crippen LogP contribution in [-0.4, -0.2) is 57.2 Å². The average molecular weight is 480 g/mol. The standard InChI is InChI=1S/C28H25N5O3/c1-18-6-11-21(34)16-22(18)19-7-9-20(10-8-19)26-17-25(31-36-26)27(35)32-12-14-33(15-13-32)28-29-23-4-2-3-5-24(23)30-28/h2-11,16-17,34H,12-15H2,1H3,(H,29,30). The third kappa shape index (κ3) is 4.07. The van der Waals surface area contributed by atoms with E-state index in [1.54, 1.807) is 23.1 Å². The summed E-state index contributed by atoms with van der Waals surface area (Å²) in [5, 5.41) is 13.9. The second-order valence-electron chi connectivity index (χ2n) is 9.01. The molecule has 6 rings (SSSR count). The van der Waals surface area contributed by atoms with Gasteiger partial charge in [0, 0.05) is 37.8 Å². The second-order valence-corrected chi connectivity index (χ2v) is 9.01. The molecule has 3 aromatic carbocycles. The quantitative estimate of drug-likeness (QED) is 0.382. The number of rotatable bonds is 4. The molecular formula is C28H25N5O3. The Morgan fingerprint density at radius 2 is 1.69 bits per heavy atom. The summed E-state index contributed by atoms with van der Waals surface area (Å²) in [6.45, 7) is 4.54. The minimum atomic E-state index is -0.138. The fourth-order valence-electron chi connectivity index (χ4n) is 4.62. The number of imidazole rings is 1. The Balaban J connectivity index is 1.12. The van der Waals surface area contributed by atoms with Crippen molar-refractivity contribution in [1.82, 2.24) is 20.0 Å². The summed E-state index contributed by atoms with van der Waals surface area (Å²) in [4.78, 5) is 25.1. The number of aryl methyl sites for hydroxylation is 1. The summed E-state index contributed by atoms with van der Waals surface area (Å²) in [6, 6.07) is 22.8. The molecule has 0 atom stereocenters. The maximum atomic E-state index is 13.1. The van der Waals surface area contributed by atoms with Crippen LogP contribution in [0, 0.1) is 6.92 Å². The number of para-hydroxylation sites is 2. The lowest BCUT2D eigenvalue weighted by atomic mass is 9.99. The number of aromatic amines is 1. The predicted molar refractivity (Wildman–Crippen MR) is 138 cm³/mol. The number of phenolic OH excluding ortho intramolecular Hbond substituents is 1. The number of carbonyl (C=O) groups is 1. The van der Waals surface area contributed by atoms with Gasteiger partial charge in [0.2, 0.25) is 5.95 Å². The van der Waals surface area contributed by atoms with E-state index in [4.69, 9.17) is 4.52 Å². The number of H-pyrrole nitrogens is 1. The zero-order valence-corrected chi connectivity index (χ0v) is 19.8. The minimum absolute atomic E-state index is 0.138. The molecule has 0 saturated carbocycles. The van der Waals surface area contributed by atoms with E-state index >= 15 is 0 Å². The number of benzene rings is 3. The van der Waals surface area contributed by atoms with Crippen molar-refractivity contribution < 1.29 is 14.4 Å². The van der Waals surface area contributed by atoms with Gasteiger partial charge in [-0.1, -0.05) is 47.6 Å². The Labute approximate surface area is 207 Å². The van der Waals surface area contributed by atoms with Gasteiger partial charge in [0.15, 0.2) is 11.5 Å². The highest BCUT2D eigenvalue weighted by Gasteiger charge is 2.26. The van der Waals surface area contributed by atoms with Crippen LogP contribution in [0.3, 0.4) is 0 Å². The van der Waals surface area contributed by atoms with Gasteiger partial charge in [-0.05, 0) is 47.9 Å². The molecule has 1 aliphatic rings. The van der Waals surface area contributed by atoms with E-state index in [1.807, 2.05) is 61.5 Å². The fraction of sp³-hybridized carbons (Fsp3) is 0.179. The first kappa shape index (κ1) is 21.9. The molecule has 3 heterocycles. The predicted octanol–water partition coefficient (Wildman–Crippen LogP) is 4.86. The minimum Gasteiger partial charge on any atom is -0.508 e. The Kier molecular flexibility index (Phi) is 5.41. The van der Waals surface area contributed by atoms with Crippen LogP contribution >= 0.6 is 0 Å². The molecule has 8 heteroatoms. The van der Waals surface area contributed by atoms with Crippen LogP contribution in [0.2, 0.25) is 0 Å². The lowest BCUT2D eigenvalue weighted by molar-refractivity contribution is 0.0736. The normalized spacial score (nSPS) is 13.9. The highest BCUT2D eigenvalue weighted by Crippen LogP contribution is 2.30. The average Bonchev–Trinajstić information content (AvgIpc) is 3.58. The summed E-state index contributed by atoms with van der Waals surface area (Å²) in [6.07, 6.45) is 0. The number of anilines is 1.